The molecule has 1 aliphatic heterocycles. The molecule has 0 bridgehead atoms. The number of aryl methyl sites for hydroxylation is 1. The Morgan fingerprint density at radius 2 is 1.86 bits per heavy atom. The van der Waals surface area contributed by atoms with Crippen LogP contribution in [0, 0.1) is 6.92 Å². The predicted molar refractivity (Wildman–Crippen MR) is 124 cm³/mol. The Balaban J connectivity index is 1.47. The normalized spacial score (nSPS) is 19.7. The van der Waals surface area contributed by atoms with Crippen LogP contribution in [0.2, 0.25) is 0 Å². The van der Waals surface area contributed by atoms with Crippen LogP contribution in [0.15, 0.2) is 48.8 Å². The summed E-state index contributed by atoms with van der Waals surface area (Å²) in [4.78, 5) is 43.5. The Kier molecular flexibility index (Phi) is 5.08. The molecule has 6 rings (SSSR count). The zero-order chi connectivity index (χ0) is 24.3. The van der Waals surface area contributed by atoms with Gasteiger partial charge in [0.15, 0.2) is 5.58 Å². The van der Waals surface area contributed by atoms with Crippen LogP contribution in [-0.2, 0) is 17.9 Å². The number of hydrogen-bond donors (Lipinski definition) is 1. The lowest BCUT2D eigenvalue weighted by atomic mass is 10.1. The fraction of sp³-hybridized carbons (Fsp3) is 0.360. The SMILES string of the molecule is Cc1nc2c3oc(=O)c(=O)oc3c(C(=O)N3CCCC3)cc2n1COC1c2ccccc2CC1O. The molecule has 1 amide bonds. The number of carbonyl (C=O) groups excluding carboxylic acids is 1. The fourth-order valence-electron chi connectivity index (χ4n) is 5.10. The molecule has 1 N–H and O–H groups in total. The van der Waals surface area contributed by atoms with Gasteiger partial charge in [0.05, 0.1) is 17.2 Å². The van der Waals surface area contributed by atoms with Gasteiger partial charge in [-0.05, 0) is 37.0 Å². The van der Waals surface area contributed by atoms with E-state index in [1.807, 2.05) is 24.3 Å². The number of likely N-dealkylation sites (tertiary alicyclic amines) is 1. The molecule has 2 atom stereocenters. The molecule has 2 aromatic carbocycles. The maximum atomic E-state index is 13.3. The first-order valence-corrected chi connectivity index (χ1v) is 11.6. The Morgan fingerprint density at radius 1 is 1.14 bits per heavy atom. The van der Waals surface area contributed by atoms with Gasteiger partial charge in [0.1, 0.15) is 24.2 Å². The second-order valence-electron chi connectivity index (χ2n) is 9.00. The smallest absolute Gasteiger partial charge is 0.413 e. The molecule has 1 saturated heterocycles. The lowest BCUT2D eigenvalue weighted by Crippen LogP contribution is -2.28. The van der Waals surface area contributed by atoms with Crippen molar-refractivity contribution in [2.75, 3.05) is 13.1 Å². The maximum absolute atomic E-state index is 13.3. The summed E-state index contributed by atoms with van der Waals surface area (Å²) in [5.41, 5.74) is 0.390. The number of aliphatic hydroxyl groups is 1. The van der Waals surface area contributed by atoms with E-state index in [1.165, 1.54) is 0 Å². The van der Waals surface area contributed by atoms with Crippen molar-refractivity contribution in [3.8, 4) is 0 Å². The van der Waals surface area contributed by atoms with E-state index in [0.29, 0.717) is 30.9 Å². The van der Waals surface area contributed by atoms with Crippen LogP contribution in [0.4, 0.5) is 0 Å². The monoisotopic (exact) mass is 477 g/mol. The summed E-state index contributed by atoms with van der Waals surface area (Å²) < 4.78 is 18.4. The van der Waals surface area contributed by atoms with E-state index >= 15 is 0 Å². The van der Waals surface area contributed by atoms with Crippen molar-refractivity contribution >= 4 is 28.1 Å². The van der Waals surface area contributed by atoms with Crippen molar-refractivity contribution < 1.29 is 23.5 Å². The quantitative estimate of drug-likeness (QED) is 0.444. The van der Waals surface area contributed by atoms with Crippen LogP contribution >= 0.6 is 0 Å². The molecule has 2 unspecified atom stereocenters. The second-order valence-corrected chi connectivity index (χ2v) is 9.00. The number of aromatic nitrogens is 2. The van der Waals surface area contributed by atoms with E-state index in [-0.39, 0.29) is 34.9 Å². The molecule has 0 saturated carbocycles. The molecular formula is C25H23N3O7. The van der Waals surface area contributed by atoms with Gasteiger partial charge in [-0.1, -0.05) is 24.3 Å². The molecule has 180 valence electrons. The van der Waals surface area contributed by atoms with Crippen LogP contribution in [0.1, 0.15) is 46.3 Å². The molecule has 4 aromatic rings. The van der Waals surface area contributed by atoms with Crippen LogP contribution in [0.25, 0.3) is 22.2 Å². The summed E-state index contributed by atoms with van der Waals surface area (Å²) >= 11 is 0. The topological polar surface area (TPSA) is 128 Å². The molecule has 10 nitrogen and oxygen atoms in total. The molecule has 1 aliphatic carbocycles. The van der Waals surface area contributed by atoms with Gasteiger partial charge in [0, 0.05) is 19.5 Å². The van der Waals surface area contributed by atoms with Gasteiger partial charge in [-0.15, -0.1) is 0 Å². The number of rotatable bonds is 4. The van der Waals surface area contributed by atoms with Gasteiger partial charge in [-0.3, -0.25) is 4.79 Å². The fourth-order valence-corrected chi connectivity index (χ4v) is 5.10. The average molecular weight is 477 g/mol. The number of hydrogen-bond acceptors (Lipinski definition) is 8. The minimum absolute atomic E-state index is 0.0439. The Labute approximate surface area is 198 Å². The number of nitrogens with zero attached hydrogens (tertiary/aromatic N) is 3. The molecule has 0 spiro atoms. The van der Waals surface area contributed by atoms with Gasteiger partial charge >= 0.3 is 11.3 Å². The van der Waals surface area contributed by atoms with Crippen molar-refractivity contribution in [3.05, 3.63) is 73.7 Å². The lowest BCUT2D eigenvalue weighted by Gasteiger charge is -2.19. The van der Waals surface area contributed by atoms with E-state index < -0.39 is 23.5 Å². The van der Waals surface area contributed by atoms with Crippen molar-refractivity contribution in [2.45, 2.75) is 45.1 Å². The number of fused-ring (bicyclic) bond motifs is 4. The molecule has 1 fully saturated rings. The third-order valence-corrected chi connectivity index (χ3v) is 6.85. The van der Waals surface area contributed by atoms with E-state index in [9.17, 15) is 19.5 Å². The Hall–Kier alpha value is -3.76. The number of aliphatic hydroxyl groups excluding tert-OH is 1. The largest absolute Gasteiger partial charge is 0.423 e. The minimum atomic E-state index is -1.18. The predicted octanol–water partition coefficient (Wildman–Crippen LogP) is 2.27. The van der Waals surface area contributed by atoms with Crippen LogP contribution in [0.5, 0.6) is 0 Å². The summed E-state index contributed by atoms with van der Waals surface area (Å²) in [6, 6.07) is 9.34. The highest BCUT2D eigenvalue weighted by Crippen LogP contribution is 2.35. The standard InChI is InChI=1S/C25H23N3O7/c1-13-26-19-17(28(13)12-33-20-15-7-3-2-6-14(15)10-18(20)29)11-16(23(30)27-8-4-5-9-27)21-22(19)35-25(32)24(31)34-21/h2-3,6-7,11,18,20,29H,4-5,8-10,12H2,1H3. The second kappa shape index (κ2) is 8.17. The van der Waals surface area contributed by atoms with Crippen molar-refractivity contribution in [2.24, 2.45) is 0 Å². The summed E-state index contributed by atoms with van der Waals surface area (Å²) in [5, 5.41) is 10.6. The van der Waals surface area contributed by atoms with Gasteiger partial charge in [0.25, 0.3) is 5.91 Å². The summed E-state index contributed by atoms with van der Waals surface area (Å²) in [6.07, 6.45) is 1.10. The van der Waals surface area contributed by atoms with Gasteiger partial charge in [-0.2, -0.15) is 0 Å². The summed E-state index contributed by atoms with van der Waals surface area (Å²) in [5.74, 6) is 0.236. The van der Waals surface area contributed by atoms with E-state index in [4.69, 9.17) is 13.6 Å². The molecule has 0 radical (unpaired) electrons. The van der Waals surface area contributed by atoms with Crippen molar-refractivity contribution in [3.63, 3.8) is 0 Å². The zero-order valence-electron chi connectivity index (χ0n) is 19.0. The Morgan fingerprint density at radius 3 is 2.63 bits per heavy atom. The molecular weight excluding hydrogens is 454 g/mol. The number of benzene rings is 2. The maximum Gasteiger partial charge on any atom is 0.423 e. The highest BCUT2D eigenvalue weighted by atomic mass is 16.5. The highest BCUT2D eigenvalue weighted by molar-refractivity contribution is 6.11. The molecule has 2 aromatic heterocycles. The van der Waals surface area contributed by atoms with E-state index in [0.717, 1.165) is 24.0 Å². The first-order chi connectivity index (χ1) is 16.9. The van der Waals surface area contributed by atoms with Crippen LogP contribution < -0.4 is 11.3 Å². The van der Waals surface area contributed by atoms with Crippen molar-refractivity contribution in [1.29, 1.82) is 0 Å². The van der Waals surface area contributed by atoms with E-state index in [2.05, 4.69) is 4.98 Å². The van der Waals surface area contributed by atoms with Crippen molar-refractivity contribution in [1.82, 2.24) is 14.5 Å². The third kappa shape index (κ3) is 3.48. The third-order valence-electron chi connectivity index (χ3n) is 6.85. The molecule has 10 heteroatoms. The lowest BCUT2D eigenvalue weighted by molar-refractivity contribution is -0.0573. The van der Waals surface area contributed by atoms with Crippen LogP contribution in [0.3, 0.4) is 0 Å². The van der Waals surface area contributed by atoms with E-state index in [1.54, 1.807) is 22.5 Å². The zero-order valence-corrected chi connectivity index (χ0v) is 19.0. The van der Waals surface area contributed by atoms with Gasteiger partial charge in [0.2, 0.25) is 5.58 Å². The summed E-state index contributed by atoms with van der Waals surface area (Å²) in [6.45, 7) is 3.00. The number of amides is 1. The number of ether oxygens (including phenoxy) is 1. The van der Waals surface area contributed by atoms with Gasteiger partial charge < -0.3 is 28.1 Å². The van der Waals surface area contributed by atoms with Gasteiger partial charge in [-0.25, -0.2) is 14.6 Å². The van der Waals surface area contributed by atoms with Crippen LogP contribution in [-0.4, -0.2) is 44.7 Å². The number of carbonyl (C=O) groups is 1. The minimum Gasteiger partial charge on any atom is -0.413 e. The average Bonchev–Trinajstić information content (AvgIpc) is 3.56. The highest BCUT2D eigenvalue weighted by Gasteiger charge is 2.32. The molecule has 35 heavy (non-hydrogen) atoms. The molecule has 3 heterocycles. The number of imidazole rings is 1. The summed E-state index contributed by atoms with van der Waals surface area (Å²) in [7, 11) is 0. The first-order valence-electron chi connectivity index (χ1n) is 11.6. The first kappa shape index (κ1) is 21.8. The Bertz CT molecular complexity index is 1590. The molecule has 2 aliphatic rings.